The predicted molar refractivity (Wildman–Crippen MR) is 48.7 cm³/mol. The van der Waals surface area contributed by atoms with Gasteiger partial charge in [-0.15, -0.1) is 0 Å². The summed E-state index contributed by atoms with van der Waals surface area (Å²) in [7, 11) is 0. The van der Waals surface area contributed by atoms with Gasteiger partial charge in [-0.1, -0.05) is 6.08 Å². The van der Waals surface area contributed by atoms with Crippen molar-refractivity contribution in [2.24, 2.45) is 5.92 Å². The van der Waals surface area contributed by atoms with E-state index in [1.165, 1.54) is 6.08 Å². The van der Waals surface area contributed by atoms with Gasteiger partial charge in [0, 0.05) is 24.9 Å². The molecule has 1 aliphatic rings. The summed E-state index contributed by atoms with van der Waals surface area (Å²) in [5, 5.41) is 4.10. The van der Waals surface area contributed by atoms with Crippen LogP contribution in [0.25, 0.3) is 0 Å². The second kappa shape index (κ2) is 3.56. The molecule has 1 unspecified atom stereocenters. The van der Waals surface area contributed by atoms with Crippen LogP contribution >= 0.6 is 0 Å². The zero-order chi connectivity index (χ0) is 9.10. The lowest BCUT2D eigenvalue weighted by Crippen LogP contribution is -2.09. The van der Waals surface area contributed by atoms with E-state index in [2.05, 4.69) is 5.10 Å². The molecule has 13 heavy (non-hydrogen) atoms. The van der Waals surface area contributed by atoms with Crippen molar-refractivity contribution in [1.29, 1.82) is 0 Å². The molecule has 1 heterocycles. The van der Waals surface area contributed by atoms with Crippen molar-refractivity contribution in [2.75, 3.05) is 0 Å². The molecule has 0 aliphatic heterocycles. The first-order chi connectivity index (χ1) is 6.34. The van der Waals surface area contributed by atoms with Gasteiger partial charge < -0.3 is 0 Å². The number of allylic oxidation sites excluding steroid dienone is 4. The van der Waals surface area contributed by atoms with Gasteiger partial charge in [0.05, 0.1) is 0 Å². The lowest BCUT2D eigenvalue weighted by atomic mass is 10.0. The number of nitrogens with zero attached hydrogens (tertiary/aromatic N) is 2. The normalized spacial score (nSPS) is 21.6. The largest absolute Gasteiger partial charge is 0.272 e. The molecule has 0 bridgehead atoms. The van der Waals surface area contributed by atoms with Crippen LogP contribution in [-0.4, -0.2) is 9.78 Å². The van der Waals surface area contributed by atoms with E-state index in [1.807, 2.05) is 23.0 Å². The van der Waals surface area contributed by atoms with E-state index in [1.54, 1.807) is 12.3 Å². The van der Waals surface area contributed by atoms with Crippen molar-refractivity contribution in [3.63, 3.8) is 0 Å². The van der Waals surface area contributed by atoms with Crippen LogP contribution < -0.4 is 0 Å². The van der Waals surface area contributed by atoms with E-state index in [0.29, 0.717) is 5.92 Å². The Labute approximate surface area is 76.4 Å². The molecule has 0 amide bonds. The van der Waals surface area contributed by atoms with Crippen molar-refractivity contribution < 1.29 is 4.39 Å². The molecule has 1 aliphatic carbocycles. The Hall–Kier alpha value is -1.38. The number of hydrogen-bond donors (Lipinski definition) is 0. The maximum absolute atomic E-state index is 12.6. The molecule has 1 aromatic rings. The lowest BCUT2D eigenvalue weighted by molar-refractivity contribution is 0.482. The van der Waals surface area contributed by atoms with Gasteiger partial charge in [0.2, 0.25) is 0 Å². The fraction of sp³-hybridized carbons (Fsp3) is 0.300. The summed E-state index contributed by atoms with van der Waals surface area (Å²) in [6, 6.07) is 1.89. The van der Waals surface area contributed by atoms with Gasteiger partial charge >= 0.3 is 0 Å². The van der Waals surface area contributed by atoms with E-state index in [4.69, 9.17) is 0 Å². The molecule has 2 nitrogen and oxygen atoms in total. The molecule has 3 heteroatoms. The molecule has 0 fully saturated rings. The van der Waals surface area contributed by atoms with Crippen molar-refractivity contribution in [3.8, 4) is 0 Å². The zero-order valence-electron chi connectivity index (χ0n) is 7.23. The molecule has 0 saturated heterocycles. The predicted octanol–water partition coefficient (Wildman–Crippen LogP) is 2.31. The maximum atomic E-state index is 12.6. The fourth-order valence-electron chi connectivity index (χ4n) is 1.42. The summed E-state index contributed by atoms with van der Waals surface area (Å²) in [5.41, 5.74) is 0. The standard InChI is InChI=1S/C10H11FN2/c11-10-4-2-9(3-5-10)8-13-7-1-6-12-13/h1-2,4-7,9H,3,8H2. The van der Waals surface area contributed by atoms with Crippen molar-refractivity contribution >= 4 is 0 Å². The molecule has 0 aromatic carbocycles. The van der Waals surface area contributed by atoms with Crippen molar-refractivity contribution in [3.05, 3.63) is 42.5 Å². The van der Waals surface area contributed by atoms with Crippen LogP contribution in [0.1, 0.15) is 6.42 Å². The monoisotopic (exact) mass is 178 g/mol. The Morgan fingerprint density at radius 1 is 1.62 bits per heavy atom. The number of hydrogen-bond acceptors (Lipinski definition) is 1. The van der Waals surface area contributed by atoms with Gasteiger partial charge in [0.25, 0.3) is 0 Å². The second-order valence-corrected chi connectivity index (χ2v) is 3.17. The van der Waals surface area contributed by atoms with Gasteiger partial charge in [-0.2, -0.15) is 5.10 Å². The van der Waals surface area contributed by atoms with E-state index in [9.17, 15) is 4.39 Å². The summed E-state index contributed by atoms with van der Waals surface area (Å²) in [6.07, 6.45) is 9.48. The molecule has 1 aromatic heterocycles. The Morgan fingerprint density at radius 2 is 2.54 bits per heavy atom. The number of halogens is 1. The third kappa shape index (κ3) is 2.05. The van der Waals surface area contributed by atoms with E-state index >= 15 is 0 Å². The van der Waals surface area contributed by atoms with Crippen LogP contribution in [0.2, 0.25) is 0 Å². The third-order valence-electron chi connectivity index (χ3n) is 2.12. The molecule has 0 spiro atoms. The molecular formula is C10H11FN2. The smallest absolute Gasteiger partial charge is 0.118 e. The highest BCUT2D eigenvalue weighted by Crippen LogP contribution is 2.18. The van der Waals surface area contributed by atoms with E-state index in [-0.39, 0.29) is 5.83 Å². The Kier molecular flexibility index (Phi) is 2.25. The first-order valence-corrected chi connectivity index (χ1v) is 4.36. The highest BCUT2D eigenvalue weighted by atomic mass is 19.1. The Balaban J connectivity index is 1.95. The molecule has 0 N–H and O–H groups in total. The molecule has 0 radical (unpaired) electrons. The quantitative estimate of drug-likeness (QED) is 0.679. The van der Waals surface area contributed by atoms with E-state index in [0.717, 1.165) is 13.0 Å². The molecule has 68 valence electrons. The van der Waals surface area contributed by atoms with Crippen LogP contribution in [0.3, 0.4) is 0 Å². The third-order valence-corrected chi connectivity index (χ3v) is 2.12. The first kappa shape index (κ1) is 8.23. The summed E-state index contributed by atoms with van der Waals surface area (Å²) < 4.78 is 14.5. The summed E-state index contributed by atoms with van der Waals surface area (Å²) in [5.74, 6) is 0.246. The van der Waals surface area contributed by atoms with Gasteiger partial charge in [0.15, 0.2) is 0 Å². The molecule has 1 atom stereocenters. The highest BCUT2D eigenvalue weighted by Gasteiger charge is 2.08. The fourth-order valence-corrected chi connectivity index (χ4v) is 1.42. The van der Waals surface area contributed by atoms with Gasteiger partial charge in [-0.05, 0) is 24.6 Å². The van der Waals surface area contributed by atoms with E-state index < -0.39 is 0 Å². The minimum Gasteiger partial charge on any atom is -0.272 e. The van der Waals surface area contributed by atoms with Crippen LogP contribution in [0.5, 0.6) is 0 Å². The maximum Gasteiger partial charge on any atom is 0.118 e. The average molecular weight is 178 g/mol. The minimum atomic E-state index is -0.128. The Bertz CT molecular complexity index is 325. The van der Waals surface area contributed by atoms with Crippen LogP contribution in [0.4, 0.5) is 4.39 Å². The first-order valence-electron chi connectivity index (χ1n) is 4.36. The van der Waals surface area contributed by atoms with Gasteiger partial charge in [-0.25, -0.2) is 4.39 Å². The average Bonchev–Trinajstić information content (AvgIpc) is 2.62. The number of aromatic nitrogens is 2. The van der Waals surface area contributed by atoms with Crippen LogP contribution in [0, 0.1) is 5.92 Å². The molecular weight excluding hydrogens is 167 g/mol. The highest BCUT2D eigenvalue weighted by molar-refractivity contribution is 5.17. The second-order valence-electron chi connectivity index (χ2n) is 3.17. The lowest BCUT2D eigenvalue weighted by Gasteiger charge is -2.13. The van der Waals surface area contributed by atoms with Crippen molar-refractivity contribution in [1.82, 2.24) is 9.78 Å². The minimum absolute atomic E-state index is 0.128. The SMILES string of the molecule is FC1=CCC(Cn2cccn2)C=C1. The molecule has 0 saturated carbocycles. The Morgan fingerprint density at radius 3 is 3.15 bits per heavy atom. The summed E-state index contributed by atoms with van der Waals surface area (Å²) in [4.78, 5) is 0. The number of rotatable bonds is 2. The van der Waals surface area contributed by atoms with Gasteiger partial charge in [-0.3, -0.25) is 4.68 Å². The topological polar surface area (TPSA) is 17.8 Å². The van der Waals surface area contributed by atoms with Crippen molar-refractivity contribution in [2.45, 2.75) is 13.0 Å². The van der Waals surface area contributed by atoms with Crippen LogP contribution in [-0.2, 0) is 6.54 Å². The zero-order valence-corrected chi connectivity index (χ0v) is 7.23. The summed E-state index contributed by atoms with van der Waals surface area (Å²) >= 11 is 0. The summed E-state index contributed by atoms with van der Waals surface area (Å²) in [6.45, 7) is 0.827. The van der Waals surface area contributed by atoms with Gasteiger partial charge in [0.1, 0.15) is 5.83 Å². The molecule has 2 rings (SSSR count). The van der Waals surface area contributed by atoms with Crippen LogP contribution in [0.15, 0.2) is 42.5 Å².